The zero-order valence-electron chi connectivity index (χ0n) is 36.1. The number of fused-ring (bicyclic) bond motifs is 3. The fourth-order valence-corrected chi connectivity index (χ4v) is 8.02. The normalized spacial score (nSPS) is 11.6. The van der Waals surface area contributed by atoms with E-state index in [2.05, 4.69) is 155 Å². The lowest BCUT2D eigenvalue weighted by Crippen LogP contribution is -2.04. The van der Waals surface area contributed by atoms with Crippen molar-refractivity contribution in [3.05, 3.63) is 222 Å². The molecule has 0 saturated heterocycles. The molecule has 3 heteroatoms. The lowest BCUT2D eigenvalue weighted by Gasteiger charge is -2.20. The molecule has 0 bridgehead atoms. The van der Waals surface area contributed by atoms with Crippen LogP contribution in [0.5, 0.6) is 11.5 Å². The van der Waals surface area contributed by atoms with Crippen LogP contribution in [-0.4, -0.2) is 11.8 Å². The Morgan fingerprint density at radius 1 is 0.600 bits per heavy atom. The first kappa shape index (κ1) is 44.9. The van der Waals surface area contributed by atoms with Gasteiger partial charge in [0, 0.05) is 16.4 Å². The molecule has 1 atom stereocenters. The Labute approximate surface area is 360 Å². The smallest absolute Gasteiger partial charge is 0.132 e. The summed E-state index contributed by atoms with van der Waals surface area (Å²) in [6.45, 7) is 12.5. The fourth-order valence-electron chi connectivity index (χ4n) is 6.87. The minimum absolute atomic E-state index is 0.259. The molecule has 8 aromatic carbocycles. The van der Waals surface area contributed by atoms with Crippen molar-refractivity contribution in [1.29, 1.82) is 0 Å². The van der Waals surface area contributed by atoms with Gasteiger partial charge in [-0.2, -0.15) is 0 Å². The number of phenols is 1. The van der Waals surface area contributed by atoms with Crippen molar-refractivity contribution >= 4 is 47.1 Å². The van der Waals surface area contributed by atoms with Crippen LogP contribution in [0.1, 0.15) is 61.4 Å². The maximum Gasteiger partial charge on any atom is 0.132 e. The van der Waals surface area contributed by atoms with E-state index in [1.165, 1.54) is 46.0 Å². The van der Waals surface area contributed by atoms with Gasteiger partial charge >= 0.3 is 0 Å². The van der Waals surface area contributed by atoms with Crippen molar-refractivity contribution in [2.24, 2.45) is 0 Å². The minimum Gasteiger partial charge on any atom is -0.507 e. The Morgan fingerprint density at radius 3 is 1.80 bits per heavy atom. The molecule has 0 radical (unpaired) electrons. The summed E-state index contributed by atoms with van der Waals surface area (Å²) in [6, 6.07) is 61.8. The summed E-state index contributed by atoms with van der Waals surface area (Å²) in [7, 11) is -0.848. The van der Waals surface area contributed by atoms with Gasteiger partial charge in [-0.15, -0.1) is 0 Å². The number of phenolic OH excluding ortho intramolecular Hbond substituents is 1. The lowest BCUT2D eigenvalue weighted by molar-refractivity contribution is 0.478. The number of hydrogen-bond acceptors (Lipinski definition) is 2. The van der Waals surface area contributed by atoms with Crippen molar-refractivity contribution in [2.45, 2.75) is 53.9 Å². The van der Waals surface area contributed by atoms with Crippen molar-refractivity contribution in [2.75, 3.05) is 6.66 Å². The second-order valence-electron chi connectivity index (χ2n) is 14.2. The molecule has 0 spiro atoms. The summed E-state index contributed by atoms with van der Waals surface area (Å²) in [4.78, 5) is 0. The van der Waals surface area contributed by atoms with Crippen molar-refractivity contribution < 1.29 is 9.63 Å². The highest BCUT2D eigenvalue weighted by Gasteiger charge is 2.19. The predicted octanol–water partition coefficient (Wildman–Crippen LogP) is 16.2. The third-order valence-corrected chi connectivity index (χ3v) is 11.5. The zero-order valence-corrected chi connectivity index (χ0v) is 36.9. The molecule has 2 nitrogen and oxygen atoms in total. The first-order valence-electron chi connectivity index (χ1n) is 21.1. The number of hydrogen-bond donors (Lipinski definition) is 1. The highest BCUT2D eigenvalue weighted by atomic mass is 31.1. The third kappa shape index (κ3) is 12.6. The van der Waals surface area contributed by atoms with Gasteiger partial charge in [-0.3, -0.25) is 0 Å². The molecule has 1 N–H and O–H groups in total. The van der Waals surface area contributed by atoms with Crippen LogP contribution in [0, 0.1) is 13.8 Å². The molecule has 0 aromatic heterocycles. The van der Waals surface area contributed by atoms with Crippen molar-refractivity contribution in [3.8, 4) is 22.6 Å². The van der Waals surface area contributed by atoms with E-state index in [0.717, 1.165) is 44.8 Å². The van der Waals surface area contributed by atoms with Crippen LogP contribution in [0.3, 0.4) is 0 Å². The highest BCUT2D eigenvalue weighted by Crippen LogP contribution is 2.48. The van der Waals surface area contributed by atoms with E-state index in [0.29, 0.717) is 0 Å². The first-order chi connectivity index (χ1) is 29.4. The van der Waals surface area contributed by atoms with Crippen LogP contribution in [0.4, 0.5) is 0 Å². The van der Waals surface area contributed by atoms with Gasteiger partial charge in [-0.05, 0) is 95.7 Å². The van der Waals surface area contributed by atoms with Gasteiger partial charge in [0.1, 0.15) is 19.6 Å². The predicted molar refractivity (Wildman–Crippen MR) is 265 cm³/mol. The molecule has 304 valence electrons. The summed E-state index contributed by atoms with van der Waals surface area (Å²) < 4.78 is 6.55. The number of allylic oxidation sites excluding steroid dienone is 2. The van der Waals surface area contributed by atoms with Crippen LogP contribution in [-0.2, 0) is 6.42 Å². The average Bonchev–Trinajstić information content (AvgIpc) is 3.31. The zero-order chi connectivity index (χ0) is 42.5. The molecule has 9 rings (SSSR count). The summed E-state index contributed by atoms with van der Waals surface area (Å²) in [6.07, 6.45) is 12.3. The van der Waals surface area contributed by atoms with E-state index in [4.69, 9.17) is 4.52 Å². The molecular formula is C57H59O2P. The van der Waals surface area contributed by atoms with E-state index in [9.17, 15) is 5.11 Å². The number of aromatic hydroxyl groups is 1. The van der Waals surface area contributed by atoms with Gasteiger partial charge < -0.3 is 9.63 Å². The second kappa shape index (κ2) is 24.0. The van der Waals surface area contributed by atoms with Crippen LogP contribution >= 0.6 is 8.15 Å². The molecule has 1 unspecified atom stereocenters. The molecule has 60 heavy (non-hydrogen) atoms. The Kier molecular flexibility index (Phi) is 18.0. The summed E-state index contributed by atoms with van der Waals surface area (Å²) >= 11 is 0. The van der Waals surface area contributed by atoms with E-state index < -0.39 is 8.15 Å². The molecular weight excluding hydrogens is 748 g/mol. The van der Waals surface area contributed by atoms with Crippen LogP contribution in [0.25, 0.3) is 44.8 Å². The molecule has 8 aromatic rings. The fraction of sp³-hybridized carbons (Fsp3) is 0.158. The second-order valence-corrected chi connectivity index (χ2v) is 15.9. The van der Waals surface area contributed by atoms with Gasteiger partial charge in [-0.1, -0.05) is 220 Å². The van der Waals surface area contributed by atoms with Gasteiger partial charge in [0.25, 0.3) is 0 Å². The lowest BCUT2D eigenvalue weighted by atomic mass is 9.92. The Morgan fingerprint density at radius 2 is 1.17 bits per heavy atom. The van der Waals surface area contributed by atoms with Crippen LogP contribution in [0.15, 0.2) is 194 Å². The Balaban J connectivity index is 0.000000184. The van der Waals surface area contributed by atoms with Crippen LogP contribution in [0.2, 0.25) is 0 Å². The topological polar surface area (TPSA) is 29.5 Å². The van der Waals surface area contributed by atoms with E-state index in [1.807, 2.05) is 86.6 Å². The average molecular weight is 807 g/mol. The van der Waals surface area contributed by atoms with E-state index in [1.54, 1.807) is 6.07 Å². The quantitative estimate of drug-likeness (QED) is 0.170. The number of benzene rings is 8. The largest absolute Gasteiger partial charge is 0.507 e. The molecule has 1 aliphatic carbocycles. The molecule has 0 amide bonds. The highest BCUT2D eigenvalue weighted by molar-refractivity contribution is 7.60. The summed E-state index contributed by atoms with van der Waals surface area (Å²) in [5.74, 6) is 1.05. The molecule has 1 aliphatic rings. The molecule has 0 fully saturated rings. The number of rotatable bonds is 6. The van der Waals surface area contributed by atoms with Gasteiger partial charge in [0.05, 0.1) is 0 Å². The maximum atomic E-state index is 10.9. The number of aryl methyl sites for hydroxylation is 3. The van der Waals surface area contributed by atoms with Gasteiger partial charge in [0.15, 0.2) is 0 Å². The van der Waals surface area contributed by atoms with E-state index in [-0.39, 0.29) is 5.75 Å². The van der Waals surface area contributed by atoms with Gasteiger partial charge in [-0.25, -0.2) is 0 Å². The molecule has 0 aliphatic heterocycles. The standard InChI is InChI=1S/C27H21O2P.C11H14.C10H10.C7H8.C2H6/c1-30(21-11-3-2-4-12-21)29-25-18-16-20-10-6-8-14-23(20)27(25)26-22-13-7-5-9-19(22)15-17-24(26)28;1-3-4-8-11-9-6-5-7-10(11)2;1-2-6-10-8-4-3-7-9(10)5-1;1-7-5-3-2-4-6-7;1-2/h2-18,28H,1H3;4-9H,3H2,1-2H3;1-3,5-7H,4,8H2;2-6H,1H3;1-2H3/b;8-4-;;;. The maximum absolute atomic E-state index is 10.9. The molecule has 0 heterocycles. The summed E-state index contributed by atoms with van der Waals surface area (Å²) in [5, 5.41) is 16.4. The van der Waals surface area contributed by atoms with Crippen LogP contribution < -0.4 is 9.83 Å². The molecule has 0 saturated carbocycles. The van der Waals surface area contributed by atoms with Crippen molar-refractivity contribution in [1.82, 2.24) is 0 Å². The minimum atomic E-state index is -0.848. The summed E-state index contributed by atoms with van der Waals surface area (Å²) in [5.41, 5.74) is 8.64. The van der Waals surface area contributed by atoms with E-state index >= 15 is 0 Å². The Bertz CT molecular complexity index is 2570. The monoisotopic (exact) mass is 806 g/mol. The third-order valence-electron chi connectivity index (χ3n) is 10.00. The first-order valence-corrected chi connectivity index (χ1v) is 22.8. The van der Waals surface area contributed by atoms with Crippen molar-refractivity contribution in [3.63, 3.8) is 0 Å². The van der Waals surface area contributed by atoms with Gasteiger partial charge in [0.2, 0.25) is 0 Å². The Hall–Kier alpha value is -6.21. The SMILES string of the molecule is C1=Cc2ccccc2CC1.CC.CC/C=C\c1ccccc1C.CP(Oc1ccc2ccccc2c1-c1c(O)ccc2ccccc12)c1ccccc1.Cc1ccccc1.